The number of ether oxygens (including phenoxy) is 1. The van der Waals surface area contributed by atoms with Crippen molar-refractivity contribution in [2.45, 2.75) is 6.10 Å². The molecule has 0 aromatic heterocycles. The van der Waals surface area contributed by atoms with E-state index in [1.807, 2.05) is 12.1 Å². The average molecular weight is 283 g/mol. The topological polar surface area (TPSA) is 29.5 Å². The van der Waals surface area contributed by atoms with Crippen LogP contribution in [0.15, 0.2) is 48.5 Å². The third-order valence-corrected chi connectivity index (χ3v) is 3.00. The van der Waals surface area contributed by atoms with Crippen molar-refractivity contribution in [3.05, 3.63) is 64.1 Å². The molecular formula is C14H12Cl2O2. The second-order valence-electron chi connectivity index (χ2n) is 3.79. The zero-order valence-corrected chi connectivity index (χ0v) is 11.0. The minimum Gasteiger partial charge on any atom is -0.483 e. The first kappa shape index (κ1) is 13.2. The Morgan fingerprint density at radius 1 is 0.889 bits per heavy atom. The smallest absolute Gasteiger partial charge is 0.147 e. The molecule has 1 N–H and O–H groups in total. The summed E-state index contributed by atoms with van der Waals surface area (Å²) in [6.45, 7) is -0.107. The lowest BCUT2D eigenvalue weighted by Gasteiger charge is -2.17. The van der Waals surface area contributed by atoms with E-state index in [1.54, 1.807) is 36.4 Å². The van der Waals surface area contributed by atoms with Gasteiger partial charge in [-0.05, 0) is 42.0 Å². The fourth-order valence-electron chi connectivity index (χ4n) is 1.57. The summed E-state index contributed by atoms with van der Waals surface area (Å²) in [7, 11) is 0. The fraction of sp³-hybridized carbons (Fsp3) is 0.143. The Morgan fingerprint density at radius 3 is 1.89 bits per heavy atom. The highest BCUT2D eigenvalue weighted by molar-refractivity contribution is 6.30. The Balaban J connectivity index is 2.14. The quantitative estimate of drug-likeness (QED) is 0.915. The summed E-state index contributed by atoms with van der Waals surface area (Å²) >= 11 is 11.6. The van der Waals surface area contributed by atoms with Crippen LogP contribution in [0.5, 0.6) is 5.75 Å². The predicted molar refractivity (Wildman–Crippen MR) is 73.4 cm³/mol. The van der Waals surface area contributed by atoms with Crippen molar-refractivity contribution in [1.29, 1.82) is 0 Å². The van der Waals surface area contributed by atoms with Gasteiger partial charge in [0.1, 0.15) is 11.9 Å². The third kappa shape index (κ3) is 3.39. The van der Waals surface area contributed by atoms with Gasteiger partial charge in [-0.3, -0.25) is 0 Å². The molecule has 2 nitrogen and oxygen atoms in total. The van der Waals surface area contributed by atoms with Crippen LogP contribution in [0.2, 0.25) is 10.0 Å². The van der Waals surface area contributed by atoms with Crippen LogP contribution in [-0.4, -0.2) is 11.7 Å². The van der Waals surface area contributed by atoms with Crippen LogP contribution in [0.3, 0.4) is 0 Å². The molecule has 4 heteroatoms. The number of rotatable bonds is 4. The molecule has 0 saturated heterocycles. The summed E-state index contributed by atoms with van der Waals surface area (Å²) < 4.78 is 5.69. The van der Waals surface area contributed by atoms with Gasteiger partial charge in [0.2, 0.25) is 0 Å². The Bertz CT molecular complexity index is 494. The van der Waals surface area contributed by atoms with E-state index in [2.05, 4.69) is 0 Å². The minimum atomic E-state index is -0.413. The van der Waals surface area contributed by atoms with Crippen molar-refractivity contribution in [2.75, 3.05) is 6.61 Å². The van der Waals surface area contributed by atoms with E-state index in [4.69, 9.17) is 27.9 Å². The molecule has 2 rings (SSSR count). The zero-order chi connectivity index (χ0) is 13.0. The van der Waals surface area contributed by atoms with Crippen LogP contribution < -0.4 is 4.74 Å². The molecule has 2 aromatic rings. The molecule has 0 aliphatic rings. The average Bonchev–Trinajstić information content (AvgIpc) is 2.39. The van der Waals surface area contributed by atoms with Crippen molar-refractivity contribution in [3.63, 3.8) is 0 Å². The van der Waals surface area contributed by atoms with Crippen molar-refractivity contribution >= 4 is 23.2 Å². The molecule has 0 radical (unpaired) electrons. The van der Waals surface area contributed by atoms with Crippen LogP contribution in [-0.2, 0) is 0 Å². The van der Waals surface area contributed by atoms with E-state index in [0.29, 0.717) is 15.8 Å². The maximum atomic E-state index is 9.38. The van der Waals surface area contributed by atoms with Crippen molar-refractivity contribution < 1.29 is 9.84 Å². The molecule has 0 fully saturated rings. The van der Waals surface area contributed by atoms with Gasteiger partial charge in [0.05, 0.1) is 6.61 Å². The molecule has 0 bridgehead atoms. The first-order chi connectivity index (χ1) is 8.69. The monoisotopic (exact) mass is 282 g/mol. The summed E-state index contributed by atoms with van der Waals surface area (Å²) in [5.41, 5.74) is 0.872. The Kier molecular flexibility index (Phi) is 4.48. The first-order valence-electron chi connectivity index (χ1n) is 5.47. The SMILES string of the molecule is OCC(Oc1ccc(Cl)cc1)c1ccc(Cl)cc1. The van der Waals surface area contributed by atoms with Crippen LogP contribution in [0.25, 0.3) is 0 Å². The summed E-state index contributed by atoms with van der Waals surface area (Å²) in [5.74, 6) is 0.661. The summed E-state index contributed by atoms with van der Waals surface area (Å²) in [5, 5.41) is 10.7. The third-order valence-electron chi connectivity index (χ3n) is 2.50. The summed E-state index contributed by atoms with van der Waals surface area (Å²) in [6, 6.07) is 14.2. The molecular weight excluding hydrogens is 271 g/mol. The predicted octanol–water partition coefficient (Wildman–Crippen LogP) is 4.11. The maximum absolute atomic E-state index is 9.38. The van der Waals surface area contributed by atoms with Crippen LogP contribution in [0.4, 0.5) is 0 Å². The van der Waals surface area contributed by atoms with Crippen molar-refractivity contribution in [3.8, 4) is 5.75 Å². The minimum absolute atomic E-state index is 0.107. The molecule has 0 amide bonds. The zero-order valence-electron chi connectivity index (χ0n) is 9.51. The molecule has 18 heavy (non-hydrogen) atoms. The molecule has 1 unspecified atom stereocenters. The lowest BCUT2D eigenvalue weighted by molar-refractivity contribution is 0.116. The highest BCUT2D eigenvalue weighted by atomic mass is 35.5. The van der Waals surface area contributed by atoms with Crippen molar-refractivity contribution in [2.24, 2.45) is 0 Å². The summed E-state index contributed by atoms with van der Waals surface area (Å²) in [6.07, 6.45) is -0.413. The highest BCUT2D eigenvalue weighted by Crippen LogP contribution is 2.24. The number of aliphatic hydroxyl groups is 1. The molecule has 1 atom stereocenters. The number of halogens is 2. The van der Waals surface area contributed by atoms with Gasteiger partial charge in [-0.2, -0.15) is 0 Å². The molecule has 2 aromatic carbocycles. The molecule has 0 heterocycles. The Labute approximate surface area is 116 Å². The first-order valence-corrected chi connectivity index (χ1v) is 6.23. The standard InChI is InChI=1S/C14H12Cl2O2/c15-11-3-1-10(2-4-11)14(9-17)18-13-7-5-12(16)6-8-13/h1-8,14,17H,9H2. The van der Waals surface area contributed by atoms with Gasteiger partial charge >= 0.3 is 0 Å². The molecule has 94 valence electrons. The van der Waals surface area contributed by atoms with Gasteiger partial charge in [-0.15, -0.1) is 0 Å². The van der Waals surface area contributed by atoms with E-state index in [-0.39, 0.29) is 6.61 Å². The van der Waals surface area contributed by atoms with E-state index >= 15 is 0 Å². The van der Waals surface area contributed by atoms with E-state index in [0.717, 1.165) is 5.56 Å². The number of benzene rings is 2. The second kappa shape index (κ2) is 6.10. The van der Waals surface area contributed by atoms with Gasteiger partial charge < -0.3 is 9.84 Å². The summed E-state index contributed by atoms with van der Waals surface area (Å²) in [4.78, 5) is 0. The van der Waals surface area contributed by atoms with Gasteiger partial charge in [0.15, 0.2) is 0 Å². The normalized spacial score (nSPS) is 12.2. The Morgan fingerprint density at radius 2 is 1.39 bits per heavy atom. The van der Waals surface area contributed by atoms with Crippen LogP contribution in [0, 0.1) is 0 Å². The van der Waals surface area contributed by atoms with Crippen LogP contribution in [0.1, 0.15) is 11.7 Å². The number of hydrogen-bond donors (Lipinski definition) is 1. The second-order valence-corrected chi connectivity index (χ2v) is 4.67. The van der Waals surface area contributed by atoms with Gasteiger partial charge in [0, 0.05) is 10.0 Å². The molecule has 0 aliphatic carbocycles. The van der Waals surface area contributed by atoms with Crippen LogP contribution >= 0.6 is 23.2 Å². The lowest BCUT2D eigenvalue weighted by Crippen LogP contribution is -2.11. The van der Waals surface area contributed by atoms with E-state index < -0.39 is 6.10 Å². The number of hydrogen-bond acceptors (Lipinski definition) is 2. The Hall–Kier alpha value is -1.22. The van der Waals surface area contributed by atoms with Crippen molar-refractivity contribution in [1.82, 2.24) is 0 Å². The fourth-order valence-corrected chi connectivity index (χ4v) is 1.82. The van der Waals surface area contributed by atoms with Gasteiger partial charge in [0.25, 0.3) is 0 Å². The molecule has 0 saturated carbocycles. The largest absolute Gasteiger partial charge is 0.483 e. The molecule has 0 spiro atoms. The highest BCUT2D eigenvalue weighted by Gasteiger charge is 2.12. The molecule has 0 aliphatic heterocycles. The van der Waals surface area contributed by atoms with Gasteiger partial charge in [-0.1, -0.05) is 35.3 Å². The van der Waals surface area contributed by atoms with E-state index in [1.165, 1.54) is 0 Å². The maximum Gasteiger partial charge on any atom is 0.147 e. The van der Waals surface area contributed by atoms with Gasteiger partial charge in [-0.25, -0.2) is 0 Å². The lowest BCUT2D eigenvalue weighted by atomic mass is 10.1. The van der Waals surface area contributed by atoms with E-state index in [9.17, 15) is 5.11 Å². The number of aliphatic hydroxyl groups excluding tert-OH is 1.